The molecule has 2 aromatic heterocycles. The topological polar surface area (TPSA) is 85.9 Å². The van der Waals surface area contributed by atoms with Gasteiger partial charge in [0.25, 0.3) is 5.91 Å². The van der Waals surface area contributed by atoms with Gasteiger partial charge in [0.15, 0.2) is 0 Å². The van der Waals surface area contributed by atoms with E-state index in [0.29, 0.717) is 11.1 Å². The number of H-pyrrole nitrogens is 1. The molecule has 8 heteroatoms. The summed E-state index contributed by atoms with van der Waals surface area (Å²) in [5, 5.41) is 15.9. The molecular formula is C21H24N6OS. The molecule has 4 heterocycles. The van der Waals surface area contributed by atoms with Crippen LogP contribution in [0.15, 0.2) is 42.0 Å². The van der Waals surface area contributed by atoms with Crippen LogP contribution in [0.2, 0.25) is 0 Å². The smallest absolute Gasteiger partial charge is 0.275 e. The maximum atomic E-state index is 12.9. The zero-order chi connectivity index (χ0) is 19.7. The monoisotopic (exact) mass is 408 g/mol. The number of nitrogens with one attached hydrogen (secondary N) is 3. The van der Waals surface area contributed by atoms with E-state index in [9.17, 15) is 4.79 Å². The van der Waals surface area contributed by atoms with Gasteiger partial charge in [-0.15, -0.1) is 11.3 Å². The second-order valence-corrected chi connectivity index (χ2v) is 8.81. The van der Waals surface area contributed by atoms with Crippen LogP contribution in [0.5, 0.6) is 0 Å². The van der Waals surface area contributed by atoms with Crippen molar-refractivity contribution in [1.82, 2.24) is 20.5 Å². The lowest BCUT2D eigenvalue weighted by molar-refractivity contribution is 0.102. The second-order valence-electron chi connectivity index (χ2n) is 7.95. The molecule has 2 aliphatic heterocycles. The molecule has 3 aromatic rings. The van der Waals surface area contributed by atoms with Crippen molar-refractivity contribution in [3.05, 3.63) is 47.7 Å². The Kier molecular flexibility index (Phi) is 4.81. The summed E-state index contributed by atoms with van der Waals surface area (Å²) in [6.45, 7) is 4.26. The van der Waals surface area contributed by atoms with Gasteiger partial charge in [-0.25, -0.2) is 4.98 Å². The molecule has 1 amide bonds. The van der Waals surface area contributed by atoms with E-state index >= 15 is 0 Å². The van der Waals surface area contributed by atoms with Crippen LogP contribution in [0, 0.1) is 5.41 Å². The summed E-state index contributed by atoms with van der Waals surface area (Å²) < 4.78 is 0. The molecule has 1 atom stereocenters. The molecule has 1 unspecified atom stereocenters. The summed E-state index contributed by atoms with van der Waals surface area (Å²) in [5.41, 5.74) is 3.62. The number of anilines is 2. The molecule has 29 heavy (non-hydrogen) atoms. The third-order valence-corrected chi connectivity index (χ3v) is 6.86. The van der Waals surface area contributed by atoms with Crippen LogP contribution in [-0.4, -0.2) is 47.3 Å². The minimum Gasteiger partial charge on any atom is -0.369 e. The summed E-state index contributed by atoms with van der Waals surface area (Å²) in [7, 11) is 0. The molecule has 2 fully saturated rings. The van der Waals surface area contributed by atoms with Crippen LogP contribution >= 0.6 is 11.3 Å². The first kappa shape index (κ1) is 18.3. The van der Waals surface area contributed by atoms with Crippen LogP contribution in [0.25, 0.3) is 10.6 Å². The average Bonchev–Trinajstić information content (AvgIpc) is 3.50. The van der Waals surface area contributed by atoms with Crippen LogP contribution in [0.4, 0.5) is 11.4 Å². The molecule has 0 radical (unpaired) electrons. The zero-order valence-electron chi connectivity index (χ0n) is 16.1. The van der Waals surface area contributed by atoms with Crippen LogP contribution in [-0.2, 0) is 0 Å². The Labute approximate surface area is 173 Å². The van der Waals surface area contributed by atoms with Gasteiger partial charge in [0.2, 0.25) is 0 Å². The van der Waals surface area contributed by atoms with Crippen molar-refractivity contribution in [2.45, 2.75) is 19.3 Å². The van der Waals surface area contributed by atoms with E-state index in [1.807, 2.05) is 18.2 Å². The number of aromatic nitrogens is 3. The highest BCUT2D eigenvalue weighted by atomic mass is 32.1. The van der Waals surface area contributed by atoms with Gasteiger partial charge in [-0.3, -0.25) is 9.89 Å². The molecule has 2 saturated heterocycles. The normalized spacial score (nSPS) is 21.6. The lowest BCUT2D eigenvalue weighted by Gasteiger charge is -2.41. The van der Waals surface area contributed by atoms with Crippen LogP contribution < -0.4 is 15.5 Å². The molecule has 7 nitrogen and oxygen atoms in total. The molecule has 0 aliphatic carbocycles. The maximum absolute atomic E-state index is 12.9. The number of carbonyl (C=O) groups excluding carboxylic acids is 1. The van der Waals surface area contributed by atoms with E-state index < -0.39 is 0 Å². The van der Waals surface area contributed by atoms with E-state index in [2.05, 4.69) is 36.8 Å². The van der Waals surface area contributed by atoms with E-state index in [1.165, 1.54) is 30.6 Å². The highest BCUT2D eigenvalue weighted by Gasteiger charge is 2.38. The zero-order valence-corrected chi connectivity index (χ0v) is 17.0. The fourth-order valence-corrected chi connectivity index (χ4v) is 5.26. The predicted octanol–water partition coefficient (Wildman–Crippen LogP) is 3.37. The Morgan fingerprint density at radius 1 is 1.28 bits per heavy atom. The van der Waals surface area contributed by atoms with Gasteiger partial charge in [-0.2, -0.15) is 5.10 Å². The Balaban J connectivity index is 1.35. The van der Waals surface area contributed by atoms with Crippen LogP contribution in [0.3, 0.4) is 0 Å². The van der Waals surface area contributed by atoms with Crippen molar-refractivity contribution in [1.29, 1.82) is 0 Å². The number of piperidine rings is 1. The summed E-state index contributed by atoms with van der Waals surface area (Å²) in [5.74, 6) is -0.183. The number of hydrogen-bond acceptors (Lipinski definition) is 6. The number of para-hydroxylation sites is 2. The average molecular weight is 409 g/mol. The number of aromatic amines is 1. The molecule has 0 bridgehead atoms. The lowest BCUT2D eigenvalue weighted by Crippen LogP contribution is -2.44. The van der Waals surface area contributed by atoms with Crippen molar-refractivity contribution in [3.8, 4) is 10.6 Å². The summed E-state index contributed by atoms with van der Waals surface area (Å²) in [6.07, 6.45) is 7.18. The van der Waals surface area contributed by atoms with Gasteiger partial charge in [0.1, 0.15) is 10.7 Å². The first-order valence-corrected chi connectivity index (χ1v) is 10.9. The summed E-state index contributed by atoms with van der Waals surface area (Å²) >= 11 is 1.44. The maximum Gasteiger partial charge on any atom is 0.275 e. The van der Waals surface area contributed by atoms with Crippen molar-refractivity contribution >= 4 is 28.6 Å². The van der Waals surface area contributed by atoms with Crippen molar-refractivity contribution in [2.24, 2.45) is 5.41 Å². The Hall–Kier alpha value is -2.71. The molecule has 150 valence electrons. The molecular weight excluding hydrogens is 384 g/mol. The third-order valence-electron chi connectivity index (χ3n) is 5.97. The van der Waals surface area contributed by atoms with Gasteiger partial charge < -0.3 is 15.5 Å². The first-order chi connectivity index (χ1) is 14.2. The number of nitrogens with zero attached hydrogens (tertiary/aromatic N) is 3. The van der Waals surface area contributed by atoms with Gasteiger partial charge in [0.05, 0.1) is 17.6 Å². The van der Waals surface area contributed by atoms with Crippen molar-refractivity contribution in [2.75, 3.05) is 36.4 Å². The van der Waals surface area contributed by atoms with E-state index in [1.54, 1.807) is 17.8 Å². The third kappa shape index (κ3) is 3.65. The fraction of sp³-hybridized carbons (Fsp3) is 0.381. The minimum absolute atomic E-state index is 0.183. The summed E-state index contributed by atoms with van der Waals surface area (Å²) in [6, 6.07) is 8.09. The first-order valence-electron chi connectivity index (χ1n) is 10.0. The van der Waals surface area contributed by atoms with E-state index in [-0.39, 0.29) is 5.91 Å². The van der Waals surface area contributed by atoms with Gasteiger partial charge >= 0.3 is 0 Å². The number of benzene rings is 1. The fourth-order valence-electron chi connectivity index (χ4n) is 4.48. The largest absolute Gasteiger partial charge is 0.369 e. The van der Waals surface area contributed by atoms with Crippen molar-refractivity contribution < 1.29 is 4.79 Å². The molecule has 1 aromatic carbocycles. The van der Waals surface area contributed by atoms with Gasteiger partial charge in [-0.1, -0.05) is 12.1 Å². The SMILES string of the molecule is O=C(Nc1ccccc1N1CCCC2(CCNC2)C1)c1csc(-c2cn[nH]c2)n1. The highest BCUT2D eigenvalue weighted by molar-refractivity contribution is 7.13. The number of amides is 1. The number of hydrogen-bond donors (Lipinski definition) is 3. The molecule has 5 rings (SSSR count). The number of carbonyl (C=O) groups is 1. The van der Waals surface area contributed by atoms with Gasteiger partial charge in [-0.05, 0) is 37.9 Å². The van der Waals surface area contributed by atoms with Gasteiger partial charge in [0, 0.05) is 42.2 Å². The molecule has 2 aliphatic rings. The Morgan fingerprint density at radius 3 is 3.03 bits per heavy atom. The van der Waals surface area contributed by atoms with E-state index in [4.69, 9.17) is 0 Å². The molecule has 1 spiro atoms. The number of thiazole rings is 1. The van der Waals surface area contributed by atoms with E-state index in [0.717, 1.165) is 48.1 Å². The van der Waals surface area contributed by atoms with Crippen molar-refractivity contribution in [3.63, 3.8) is 0 Å². The highest BCUT2D eigenvalue weighted by Crippen LogP contribution is 2.39. The predicted molar refractivity (Wildman–Crippen MR) is 115 cm³/mol. The van der Waals surface area contributed by atoms with Crippen LogP contribution in [0.1, 0.15) is 29.8 Å². The lowest BCUT2D eigenvalue weighted by atomic mass is 9.79. The Morgan fingerprint density at radius 2 is 2.21 bits per heavy atom. The number of rotatable bonds is 4. The minimum atomic E-state index is -0.183. The summed E-state index contributed by atoms with van der Waals surface area (Å²) in [4.78, 5) is 19.8. The quantitative estimate of drug-likeness (QED) is 0.616. The molecule has 3 N–H and O–H groups in total. The molecule has 0 saturated carbocycles. The standard InChI is InChI=1S/C21H24N6OS/c28-19(17-12-29-20(26-17)15-10-23-24-11-15)25-16-4-1-2-5-18(16)27-9-3-6-21(14-27)7-8-22-13-21/h1-2,4-5,10-12,22H,3,6-9,13-14H2,(H,23,24)(H,25,28). The second kappa shape index (κ2) is 7.61. The Bertz CT molecular complexity index is 992.